The number of Topliss-reactive ketones (excluding diaryl/α,β-unsaturated/α-hetero) is 1. The predicted octanol–water partition coefficient (Wildman–Crippen LogP) is 3.00. The lowest BCUT2D eigenvalue weighted by molar-refractivity contribution is -0.139. The van der Waals surface area contributed by atoms with Gasteiger partial charge in [-0.1, -0.05) is 31.2 Å². The van der Waals surface area contributed by atoms with Crippen molar-refractivity contribution in [1.29, 1.82) is 0 Å². The third-order valence-corrected chi connectivity index (χ3v) is 7.04. The summed E-state index contributed by atoms with van der Waals surface area (Å²) in [5.74, 6) is -0.479. The Kier molecular flexibility index (Phi) is 10.0. The van der Waals surface area contributed by atoms with Crippen molar-refractivity contribution in [2.45, 2.75) is 52.7 Å². The number of nitrogens with zero attached hydrogens (tertiary/aromatic N) is 2. The Labute approximate surface area is 213 Å². The summed E-state index contributed by atoms with van der Waals surface area (Å²) in [6, 6.07) is 12.2. The highest BCUT2D eigenvalue weighted by Crippen LogP contribution is 2.21. The molecule has 0 aliphatic rings. The first-order valence-corrected chi connectivity index (χ1v) is 13.5. The van der Waals surface area contributed by atoms with Gasteiger partial charge in [-0.3, -0.25) is 18.7 Å². The highest BCUT2D eigenvalue weighted by Gasteiger charge is 2.30. The van der Waals surface area contributed by atoms with Crippen LogP contribution in [-0.4, -0.2) is 62.9 Å². The number of amides is 2. The first-order chi connectivity index (χ1) is 16.9. The summed E-state index contributed by atoms with van der Waals surface area (Å²) in [5.41, 5.74) is 1.27. The fraction of sp³-hybridized carbons (Fsp3) is 0.423. The first-order valence-electron chi connectivity index (χ1n) is 11.7. The molecule has 1 N–H and O–H groups in total. The van der Waals surface area contributed by atoms with E-state index in [-0.39, 0.29) is 30.0 Å². The van der Waals surface area contributed by atoms with Gasteiger partial charge in [0, 0.05) is 18.2 Å². The van der Waals surface area contributed by atoms with Crippen LogP contribution in [0.3, 0.4) is 0 Å². The average molecular weight is 518 g/mol. The van der Waals surface area contributed by atoms with Crippen LogP contribution in [0, 0.1) is 0 Å². The number of rotatable bonds is 12. The average Bonchev–Trinajstić information content (AvgIpc) is 2.84. The quantitative estimate of drug-likeness (QED) is 0.433. The molecule has 0 aromatic heterocycles. The molecule has 10 heteroatoms. The van der Waals surface area contributed by atoms with Crippen molar-refractivity contribution >= 4 is 33.3 Å². The molecule has 9 nitrogen and oxygen atoms in total. The van der Waals surface area contributed by atoms with Crippen LogP contribution in [0.2, 0.25) is 0 Å². The molecule has 2 aromatic carbocycles. The molecule has 0 aliphatic carbocycles. The maximum atomic E-state index is 13.6. The summed E-state index contributed by atoms with van der Waals surface area (Å²) in [7, 11) is -2.33. The van der Waals surface area contributed by atoms with E-state index in [0.717, 1.165) is 22.5 Å². The van der Waals surface area contributed by atoms with E-state index < -0.39 is 28.5 Å². The number of hydrogen-bond acceptors (Lipinski definition) is 6. The van der Waals surface area contributed by atoms with Crippen molar-refractivity contribution in [2.24, 2.45) is 0 Å². The van der Waals surface area contributed by atoms with Crippen LogP contribution >= 0.6 is 0 Å². The van der Waals surface area contributed by atoms with Crippen molar-refractivity contribution < 1.29 is 27.5 Å². The van der Waals surface area contributed by atoms with E-state index >= 15 is 0 Å². The van der Waals surface area contributed by atoms with E-state index in [0.29, 0.717) is 11.3 Å². The lowest BCUT2D eigenvalue weighted by Crippen LogP contribution is -2.52. The van der Waals surface area contributed by atoms with Crippen molar-refractivity contribution in [2.75, 3.05) is 24.2 Å². The standard InChI is InChI=1S/C26H35N3O6S/c1-7-18(2)27-26(32)19(3)28(16-21-11-13-24(35-5)14-12-21)25(31)17-29(36(6,33)34)23-10-8-9-22(15-23)20(4)30/h8-15,18-19H,7,16-17H2,1-6H3,(H,27,32)/t18-,19+/m0/s1. The molecule has 36 heavy (non-hydrogen) atoms. The van der Waals surface area contributed by atoms with Gasteiger partial charge in [0.25, 0.3) is 0 Å². The second kappa shape index (κ2) is 12.5. The smallest absolute Gasteiger partial charge is 0.244 e. The Bertz CT molecular complexity index is 1180. The highest BCUT2D eigenvalue weighted by atomic mass is 32.2. The maximum absolute atomic E-state index is 13.6. The third-order valence-electron chi connectivity index (χ3n) is 5.90. The molecule has 0 unspecified atom stereocenters. The largest absolute Gasteiger partial charge is 0.497 e. The second-order valence-electron chi connectivity index (χ2n) is 8.74. The molecule has 2 rings (SSSR count). The number of benzene rings is 2. The van der Waals surface area contributed by atoms with E-state index in [1.807, 2.05) is 13.8 Å². The molecule has 2 atom stereocenters. The van der Waals surface area contributed by atoms with Crippen LogP contribution in [0.15, 0.2) is 48.5 Å². The zero-order valence-corrected chi connectivity index (χ0v) is 22.5. The third kappa shape index (κ3) is 7.81. The lowest BCUT2D eigenvalue weighted by atomic mass is 10.1. The molecule has 0 aliphatic heterocycles. The molecule has 0 fully saturated rings. The summed E-state index contributed by atoms with van der Waals surface area (Å²) < 4.78 is 31.5. The first kappa shape index (κ1) is 28.8. The normalized spacial score (nSPS) is 12.8. The Morgan fingerprint density at radius 1 is 1.06 bits per heavy atom. The summed E-state index contributed by atoms with van der Waals surface area (Å²) >= 11 is 0. The number of carbonyl (C=O) groups is 3. The number of nitrogens with one attached hydrogen (secondary N) is 1. The molecular formula is C26H35N3O6S. The highest BCUT2D eigenvalue weighted by molar-refractivity contribution is 7.92. The van der Waals surface area contributed by atoms with Crippen LogP contribution in [0.4, 0.5) is 5.69 Å². The minimum atomic E-state index is -3.88. The summed E-state index contributed by atoms with van der Waals surface area (Å²) in [6.07, 6.45) is 1.72. The minimum absolute atomic E-state index is 0.0836. The van der Waals surface area contributed by atoms with Gasteiger partial charge < -0.3 is 15.0 Å². The van der Waals surface area contributed by atoms with E-state index in [2.05, 4.69) is 5.32 Å². The van der Waals surface area contributed by atoms with Crippen LogP contribution in [-0.2, 0) is 26.2 Å². The molecule has 0 saturated carbocycles. The van der Waals surface area contributed by atoms with Gasteiger partial charge in [0.1, 0.15) is 18.3 Å². The number of ether oxygens (including phenoxy) is 1. The number of sulfonamides is 1. The van der Waals surface area contributed by atoms with Crippen LogP contribution < -0.4 is 14.4 Å². The Morgan fingerprint density at radius 3 is 2.22 bits per heavy atom. The van der Waals surface area contributed by atoms with Gasteiger partial charge in [-0.25, -0.2) is 8.42 Å². The maximum Gasteiger partial charge on any atom is 0.244 e. The number of hydrogen-bond donors (Lipinski definition) is 1. The summed E-state index contributed by atoms with van der Waals surface area (Å²) in [6.45, 7) is 6.35. The van der Waals surface area contributed by atoms with Gasteiger partial charge in [0.2, 0.25) is 21.8 Å². The fourth-order valence-electron chi connectivity index (χ4n) is 3.47. The van der Waals surface area contributed by atoms with Crippen molar-refractivity contribution in [3.8, 4) is 5.75 Å². The molecule has 2 aromatic rings. The topological polar surface area (TPSA) is 113 Å². The van der Waals surface area contributed by atoms with E-state index in [4.69, 9.17) is 4.74 Å². The summed E-state index contributed by atoms with van der Waals surface area (Å²) in [5, 5.41) is 2.88. The van der Waals surface area contributed by atoms with Crippen LogP contribution in [0.5, 0.6) is 5.75 Å². The summed E-state index contributed by atoms with van der Waals surface area (Å²) in [4.78, 5) is 39.7. The molecule has 2 amide bonds. The van der Waals surface area contributed by atoms with Crippen LogP contribution in [0.25, 0.3) is 0 Å². The van der Waals surface area contributed by atoms with E-state index in [9.17, 15) is 22.8 Å². The Balaban J connectivity index is 2.42. The lowest BCUT2D eigenvalue weighted by Gasteiger charge is -2.32. The number of ketones is 1. The van der Waals surface area contributed by atoms with E-state index in [1.165, 1.54) is 24.0 Å². The van der Waals surface area contributed by atoms with E-state index in [1.54, 1.807) is 50.4 Å². The zero-order valence-electron chi connectivity index (χ0n) is 21.6. The number of anilines is 1. The van der Waals surface area contributed by atoms with Gasteiger partial charge in [-0.15, -0.1) is 0 Å². The molecule has 0 bridgehead atoms. The van der Waals surface area contributed by atoms with Gasteiger partial charge in [0.15, 0.2) is 5.78 Å². The fourth-order valence-corrected chi connectivity index (χ4v) is 4.31. The Hall–Kier alpha value is -3.40. The van der Waals surface area contributed by atoms with Crippen molar-refractivity contribution in [3.63, 3.8) is 0 Å². The molecule has 196 valence electrons. The Morgan fingerprint density at radius 2 is 1.69 bits per heavy atom. The van der Waals surface area contributed by atoms with Gasteiger partial charge in [-0.05, 0) is 57.0 Å². The SMILES string of the molecule is CC[C@H](C)NC(=O)[C@@H](C)N(Cc1ccc(OC)cc1)C(=O)CN(c1cccc(C(C)=O)c1)S(C)(=O)=O. The second-order valence-corrected chi connectivity index (χ2v) is 10.6. The monoisotopic (exact) mass is 517 g/mol. The van der Waals surface area contributed by atoms with Crippen LogP contribution in [0.1, 0.15) is 50.0 Å². The molecular weight excluding hydrogens is 482 g/mol. The molecule has 0 heterocycles. The number of methoxy groups -OCH3 is 1. The molecule has 0 saturated heterocycles. The van der Waals surface area contributed by atoms with Crippen molar-refractivity contribution in [1.82, 2.24) is 10.2 Å². The van der Waals surface area contributed by atoms with Gasteiger partial charge >= 0.3 is 0 Å². The minimum Gasteiger partial charge on any atom is -0.497 e. The van der Waals surface area contributed by atoms with Gasteiger partial charge in [-0.2, -0.15) is 0 Å². The molecule has 0 spiro atoms. The zero-order chi connectivity index (χ0) is 27.0. The number of carbonyl (C=O) groups excluding carboxylic acids is 3. The molecule has 0 radical (unpaired) electrons. The predicted molar refractivity (Wildman–Crippen MR) is 140 cm³/mol. The van der Waals surface area contributed by atoms with Crippen molar-refractivity contribution in [3.05, 3.63) is 59.7 Å². The van der Waals surface area contributed by atoms with Gasteiger partial charge in [0.05, 0.1) is 19.1 Å².